The number of hydrogen-bond donors (Lipinski definition) is 1. The van der Waals surface area contributed by atoms with Crippen LogP contribution < -0.4 is 5.73 Å². The van der Waals surface area contributed by atoms with E-state index in [1.807, 2.05) is 6.07 Å². The average molecular weight is 349 g/mol. The number of halogens is 5. The highest BCUT2D eigenvalue weighted by Gasteiger charge is 2.36. The van der Waals surface area contributed by atoms with Gasteiger partial charge in [0.2, 0.25) is 0 Å². The summed E-state index contributed by atoms with van der Waals surface area (Å²) in [5, 5.41) is 11.9. The van der Waals surface area contributed by atoms with Crippen LogP contribution in [0.15, 0.2) is 12.1 Å². The topological polar surface area (TPSA) is 67.6 Å². The molecule has 0 aliphatic rings. The van der Waals surface area contributed by atoms with Crippen molar-refractivity contribution in [1.82, 2.24) is 9.78 Å². The molecule has 116 valence electrons. The molecule has 0 fully saturated rings. The molecule has 0 bridgehead atoms. The van der Waals surface area contributed by atoms with Gasteiger partial charge in [0, 0.05) is 5.56 Å². The molecular weight excluding hydrogens is 340 g/mol. The lowest BCUT2D eigenvalue weighted by atomic mass is 10.2. The van der Waals surface area contributed by atoms with Gasteiger partial charge in [-0.1, -0.05) is 30.1 Å². The lowest BCUT2D eigenvalue weighted by Gasteiger charge is -2.13. The average Bonchev–Trinajstić information content (AvgIpc) is 2.72. The third kappa shape index (κ3) is 2.72. The van der Waals surface area contributed by atoms with Gasteiger partial charge >= 0.3 is 6.18 Å². The highest BCUT2D eigenvalue weighted by atomic mass is 35.5. The molecule has 0 saturated heterocycles. The van der Waals surface area contributed by atoms with E-state index < -0.39 is 21.8 Å². The van der Waals surface area contributed by atoms with Gasteiger partial charge in [-0.25, -0.2) is 4.68 Å². The van der Waals surface area contributed by atoms with E-state index in [2.05, 4.69) is 5.10 Å². The van der Waals surface area contributed by atoms with Crippen LogP contribution in [0.5, 0.6) is 0 Å². The first-order chi connectivity index (χ1) is 10.2. The van der Waals surface area contributed by atoms with Crippen molar-refractivity contribution in [3.63, 3.8) is 0 Å². The summed E-state index contributed by atoms with van der Waals surface area (Å²) in [5.74, 6) is 0.158. The van der Waals surface area contributed by atoms with Gasteiger partial charge in [-0.2, -0.15) is 23.5 Å². The monoisotopic (exact) mass is 348 g/mol. The van der Waals surface area contributed by atoms with E-state index in [0.717, 1.165) is 16.8 Å². The molecule has 2 aromatic rings. The number of alkyl halides is 3. The van der Waals surface area contributed by atoms with Crippen LogP contribution in [0.1, 0.15) is 23.7 Å². The Morgan fingerprint density at radius 1 is 1.32 bits per heavy atom. The van der Waals surface area contributed by atoms with Crippen LogP contribution in [-0.4, -0.2) is 9.78 Å². The number of nitrogens with zero attached hydrogens (tertiary/aromatic N) is 3. The fraction of sp³-hybridized carbons (Fsp3) is 0.231. The Balaban J connectivity index is 2.66. The highest BCUT2D eigenvalue weighted by Crippen LogP contribution is 2.41. The molecule has 0 radical (unpaired) electrons. The fourth-order valence-corrected chi connectivity index (χ4v) is 2.74. The molecule has 0 unspecified atom stereocenters. The zero-order chi connectivity index (χ0) is 16.7. The van der Waals surface area contributed by atoms with Crippen molar-refractivity contribution in [2.45, 2.75) is 19.5 Å². The zero-order valence-corrected chi connectivity index (χ0v) is 12.7. The van der Waals surface area contributed by atoms with E-state index in [1.54, 1.807) is 6.92 Å². The summed E-state index contributed by atoms with van der Waals surface area (Å²) >= 11 is 11.4. The minimum absolute atomic E-state index is 0.104. The molecular formula is C13H9Cl2F3N4. The van der Waals surface area contributed by atoms with Gasteiger partial charge in [0.05, 0.1) is 21.3 Å². The lowest BCUT2D eigenvalue weighted by Crippen LogP contribution is -2.09. The number of nitrogens with two attached hydrogens (primary N) is 1. The Morgan fingerprint density at radius 3 is 2.23 bits per heavy atom. The summed E-state index contributed by atoms with van der Waals surface area (Å²) in [6.07, 6.45) is -4.22. The van der Waals surface area contributed by atoms with Gasteiger partial charge in [0.15, 0.2) is 5.69 Å². The molecule has 1 aromatic heterocycles. The van der Waals surface area contributed by atoms with Gasteiger partial charge in [-0.3, -0.25) is 0 Å². The van der Waals surface area contributed by atoms with Gasteiger partial charge in [0.1, 0.15) is 11.9 Å². The lowest BCUT2D eigenvalue weighted by molar-refractivity contribution is -0.137. The van der Waals surface area contributed by atoms with E-state index in [-0.39, 0.29) is 17.2 Å². The van der Waals surface area contributed by atoms with E-state index in [4.69, 9.17) is 34.2 Å². The highest BCUT2D eigenvalue weighted by molar-refractivity contribution is 6.36. The van der Waals surface area contributed by atoms with Crippen molar-refractivity contribution >= 4 is 29.0 Å². The number of hydrogen-bond acceptors (Lipinski definition) is 3. The number of anilines is 1. The molecule has 4 nitrogen and oxygen atoms in total. The number of aromatic nitrogens is 2. The summed E-state index contributed by atoms with van der Waals surface area (Å²) in [6, 6.07) is 4.00. The number of rotatable bonds is 2. The maximum atomic E-state index is 12.8. The van der Waals surface area contributed by atoms with Crippen LogP contribution in [0.25, 0.3) is 5.69 Å². The first kappa shape index (κ1) is 16.5. The molecule has 22 heavy (non-hydrogen) atoms. The maximum absolute atomic E-state index is 12.8. The second-order valence-corrected chi connectivity index (χ2v) is 5.19. The van der Waals surface area contributed by atoms with Gasteiger partial charge in [-0.05, 0) is 18.6 Å². The molecule has 0 amide bonds. The van der Waals surface area contributed by atoms with Crippen LogP contribution in [0, 0.1) is 11.3 Å². The first-order valence-electron chi connectivity index (χ1n) is 6.04. The van der Waals surface area contributed by atoms with E-state index >= 15 is 0 Å². The van der Waals surface area contributed by atoms with Crippen molar-refractivity contribution in [2.24, 2.45) is 0 Å². The van der Waals surface area contributed by atoms with E-state index in [0.29, 0.717) is 12.0 Å². The van der Waals surface area contributed by atoms with Crippen molar-refractivity contribution < 1.29 is 13.2 Å². The fourth-order valence-electron chi connectivity index (χ4n) is 2.05. The number of benzene rings is 1. The Hall–Kier alpha value is -1.91. The summed E-state index contributed by atoms with van der Waals surface area (Å²) in [7, 11) is 0. The van der Waals surface area contributed by atoms with Gasteiger partial charge < -0.3 is 5.73 Å². The Bertz CT molecular complexity index is 752. The molecule has 0 saturated carbocycles. The standard InChI is InChI=1S/C13H9Cl2F3N4/c1-2-7-10(5-19)21-22(12(7)20)6-3-8(14)11(9(15)4-6)13(16,17)18/h3-4H,2,20H2,1H3. The molecule has 1 aromatic carbocycles. The minimum Gasteiger partial charge on any atom is -0.383 e. The molecule has 0 atom stereocenters. The third-order valence-corrected chi connectivity index (χ3v) is 3.63. The first-order valence-corrected chi connectivity index (χ1v) is 6.80. The predicted molar refractivity (Wildman–Crippen MR) is 77.1 cm³/mol. The van der Waals surface area contributed by atoms with Crippen LogP contribution in [-0.2, 0) is 12.6 Å². The van der Waals surface area contributed by atoms with Crippen LogP contribution >= 0.6 is 23.2 Å². The van der Waals surface area contributed by atoms with Gasteiger partial charge in [-0.15, -0.1) is 0 Å². The molecule has 9 heteroatoms. The van der Waals surface area contributed by atoms with Crippen molar-refractivity contribution in [3.8, 4) is 11.8 Å². The second kappa shape index (κ2) is 5.71. The zero-order valence-electron chi connectivity index (χ0n) is 11.2. The summed E-state index contributed by atoms with van der Waals surface area (Å²) in [6.45, 7) is 1.78. The Kier molecular flexibility index (Phi) is 4.27. The van der Waals surface area contributed by atoms with Crippen molar-refractivity contribution in [2.75, 3.05) is 5.73 Å². The molecule has 0 spiro atoms. The largest absolute Gasteiger partial charge is 0.419 e. The van der Waals surface area contributed by atoms with Gasteiger partial charge in [0.25, 0.3) is 0 Å². The number of nitriles is 1. The summed E-state index contributed by atoms with van der Waals surface area (Å²) in [5.41, 5.74) is 5.53. The van der Waals surface area contributed by atoms with Crippen molar-refractivity contribution in [3.05, 3.63) is 39.0 Å². The second-order valence-electron chi connectivity index (χ2n) is 4.37. The Labute approximate surface area is 133 Å². The maximum Gasteiger partial charge on any atom is 0.419 e. The Morgan fingerprint density at radius 2 is 1.86 bits per heavy atom. The molecule has 1 heterocycles. The number of nitrogen functional groups attached to an aromatic ring is 1. The van der Waals surface area contributed by atoms with Crippen LogP contribution in [0.2, 0.25) is 10.0 Å². The smallest absolute Gasteiger partial charge is 0.383 e. The quantitative estimate of drug-likeness (QED) is 0.883. The molecule has 2 N–H and O–H groups in total. The van der Waals surface area contributed by atoms with E-state index in [9.17, 15) is 13.2 Å². The molecule has 0 aliphatic heterocycles. The van der Waals surface area contributed by atoms with E-state index in [1.165, 1.54) is 0 Å². The third-order valence-electron chi connectivity index (χ3n) is 3.04. The van der Waals surface area contributed by atoms with Crippen LogP contribution in [0.4, 0.5) is 19.0 Å². The minimum atomic E-state index is -4.67. The SMILES string of the molecule is CCc1c(C#N)nn(-c2cc(Cl)c(C(F)(F)F)c(Cl)c2)c1N. The van der Waals surface area contributed by atoms with Crippen molar-refractivity contribution in [1.29, 1.82) is 5.26 Å². The summed E-state index contributed by atoms with van der Waals surface area (Å²) < 4.78 is 39.7. The molecule has 2 rings (SSSR count). The summed E-state index contributed by atoms with van der Waals surface area (Å²) in [4.78, 5) is 0. The van der Waals surface area contributed by atoms with Crippen LogP contribution in [0.3, 0.4) is 0 Å². The predicted octanol–water partition coefficient (Wildman–Crippen LogP) is 4.21. The molecule has 0 aliphatic carbocycles. The normalized spacial score (nSPS) is 11.5.